The Balaban J connectivity index is -0.0000000830. The molecule has 0 aliphatic heterocycles. The van der Waals surface area contributed by atoms with Crippen molar-refractivity contribution in [2.75, 3.05) is 0 Å². The maximum Gasteiger partial charge on any atom is 2.00 e. The van der Waals surface area contributed by atoms with Gasteiger partial charge >= 0.3 is 43.4 Å². The summed E-state index contributed by atoms with van der Waals surface area (Å²) < 4.78 is 0. The van der Waals surface area contributed by atoms with Crippen LogP contribution < -0.4 is 24.8 Å². The largest absolute Gasteiger partial charge is 2.00 e. The number of aryl methyl sites for hydroxylation is 4. The van der Waals surface area contributed by atoms with E-state index in [1.165, 1.54) is 22.3 Å². The van der Waals surface area contributed by atoms with Crippen LogP contribution in [0.1, 0.15) is 45.7 Å². The molecule has 2 aliphatic carbocycles. The van der Waals surface area contributed by atoms with E-state index in [-0.39, 0.29) is 83.3 Å². The Kier molecular flexibility index (Phi) is 45.8. The molecule has 2 heterocycles. The van der Waals surface area contributed by atoms with E-state index in [2.05, 4.69) is 90.8 Å². The monoisotopic (exact) mass is 656 g/mol. The Bertz CT molecular complexity index is 777. The van der Waals surface area contributed by atoms with Crippen molar-refractivity contribution < 1.29 is 68.2 Å². The second-order valence-electron chi connectivity index (χ2n) is 8.17. The van der Waals surface area contributed by atoms with Gasteiger partial charge in [0.25, 0.3) is 0 Å². The van der Waals surface area contributed by atoms with Gasteiger partial charge in [0.2, 0.25) is 0 Å². The van der Waals surface area contributed by atoms with Gasteiger partial charge in [-0.2, -0.15) is 56.6 Å². The van der Waals surface area contributed by atoms with E-state index in [0.717, 1.165) is 12.8 Å². The van der Waals surface area contributed by atoms with E-state index >= 15 is 0 Å². The molecule has 2 radical (unpaired) electrons. The topological polar surface area (TPSA) is 0 Å². The van der Waals surface area contributed by atoms with E-state index in [1.807, 2.05) is 66.2 Å². The van der Waals surface area contributed by atoms with Crippen LogP contribution in [0.25, 0.3) is 0 Å². The Hall–Kier alpha value is 0.658. The summed E-state index contributed by atoms with van der Waals surface area (Å²) in [6.45, 7) is 25.6. The molecule has 0 amide bonds. The maximum absolute atomic E-state index is 3.42. The van der Waals surface area contributed by atoms with Crippen molar-refractivity contribution in [1.29, 1.82) is 0 Å². The molecular weight excluding hydrogens is 611 g/mol. The molecule has 206 valence electrons. The average molecular weight is 657 g/mol. The maximum atomic E-state index is 3.42. The third-order valence-electron chi connectivity index (χ3n) is 5.06. The quantitative estimate of drug-likeness (QED) is 0.297. The van der Waals surface area contributed by atoms with E-state index in [9.17, 15) is 0 Å². The second-order valence-corrected chi connectivity index (χ2v) is 12.2. The summed E-state index contributed by atoms with van der Waals surface area (Å²) in [5.74, 6) is 6.85. The van der Waals surface area contributed by atoms with Crippen LogP contribution in [0.5, 0.6) is 0 Å². The fraction of sp³-hybridized carbons (Fsp3) is 0.467. The molecule has 0 spiro atoms. The third-order valence-corrected chi connectivity index (χ3v) is 9.08. The van der Waals surface area contributed by atoms with Gasteiger partial charge in [0.05, 0.1) is 0 Å². The summed E-state index contributed by atoms with van der Waals surface area (Å²) in [5, 5.41) is 3.09. The van der Waals surface area contributed by atoms with Crippen LogP contribution in [-0.4, -0.2) is 14.6 Å². The minimum absolute atomic E-state index is 0. The SMILES string of the molecule is C[B]C.C[B]C.Cc1[c-]p(C)c(C)c1C.Cc1[c-]p(C)c(C)c1C.[C-]1=CC=CC1.[C-]1=CC=CC1.[Cl-].[Cl-].[Ti+2].[Ti+2]. The third kappa shape index (κ3) is 25.6. The minimum Gasteiger partial charge on any atom is -1.00 e. The van der Waals surface area contributed by atoms with Crippen LogP contribution in [0, 0.1) is 65.3 Å². The molecule has 0 fully saturated rings. The molecule has 0 nitrogen and oxygen atoms in total. The molecule has 8 heteroatoms. The van der Waals surface area contributed by atoms with Crippen LogP contribution in [0.4, 0.5) is 0 Å². The zero-order chi connectivity index (χ0) is 26.5. The second kappa shape index (κ2) is 33.9. The minimum atomic E-state index is -0.0123. The van der Waals surface area contributed by atoms with E-state index in [1.54, 1.807) is 10.6 Å². The van der Waals surface area contributed by atoms with E-state index in [0.29, 0.717) is 0 Å². The van der Waals surface area contributed by atoms with Crippen LogP contribution in [0.15, 0.2) is 36.5 Å². The summed E-state index contributed by atoms with van der Waals surface area (Å²) in [5.41, 5.74) is 5.65. The summed E-state index contributed by atoms with van der Waals surface area (Å²) >= 11 is 0. The fourth-order valence-electron chi connectivity index (χ4n) is 2.56. The fourth-order valence-corrected chi connectivity index (χ4v) is 5.58. The van der Waals surface area contributed by atoms with Crippen molar-refractivity contribution in [3.63, 3.8) is 0 Å². The van der Waals surface area contributed by atoms with Crippen LogP contribution in [0.2, 0.25) is 27.3 Å². The molecule has 2 aromatic heterocycles. The molecule has 0 saturated heterocycles. The number of allylic oxidation sites excluding steroid dienone is 8. The molecule has 0 aromatic carbocycles. The molecular formula is C30H46B2Cl2P2Ti2-2. The van der Waals surface area contributed by atoms with Crippen molar-refractivity contribution in [3.8, 4) is 0 Å². The molecule has 0 bridgehead atoms. The number of hydrogen-bond acceptors (Lipinski definition) is 0. The Morgan fingerprint density at radius 3 is 0.921 bits per heavy atom. The van der Waals surface area contributed by atoms with E-state index in [4.69, 9.17) is 0 Å². The number of hydrogen-bond donors (Lipinski definition) is 0. The van der Waals surface area contributed by atoms with Gasteiger partial charge in [0.15, 0.2) is 0 Å². The van der Waals surface area contributed by atoms with Crippen molar-refractivity contribution in [2.24, 2.45) is 13.3 Å². The summed E-state index contributed by atoms with van der Waals surface area (Å²) in [7, 11) is 3.98. The normalized spacial score (nSPS) is 11.2. The summed E-state index contributed by atoms with van der Waals surface area (Å²) in [4.78, 5) is 0. The van der Waals surface area contributed by atoms with Crippen molar-refractivity contribution in [2.45, 2.75) is 81.7 Å². The van der Waals surface area contributed by atoms with Crippen molar-refractivity contribution in [3.05, 3.63) is 93.0 Å². The molecule has 38 heavy (non-hydrogen) atoms. The van der Waals surface area contributed by atoms with Crippen LogP contribution in [-0.2, 0) is 56.8 Å². The summed E-state index contributed by atoms with van der Waals surface area (Å²) in [6.07, 6.45) is 20.0. The number of rotatable bonds is 0. The molecule has 2 aliphatic rings. The van der Waals surface area contributed by atoms with Crippen molar-refractivity contribution >= 4 is 29.6 Å². The summed E-state index contributed by atoms with van der Waals surface area (Å²) in [6, 6.07) is 0. The zero-order valence-electron chi connectivity index (χ0n) is 25.7. The van der Waals surface area contributed by atoms with Gasteiger partial charge in [-0.1, -0.05) is 68.8 Å². The first-order chi connectivity index (χ1) is 16.1. The van der Waals surface area contributed by atoms with Gasteiger partial charge in [-0.15, -0.1) is 12.8 Å². The molecule has 2 aromatic rings. The number of halogens is 2. The first-order valence-electron chi connectivity index (χ1n) is 12.0. The van der Waals surface area contributed by atoms with Gasteiger partial charge in [-0.05, 0) is 13.3 Å². The van der Waals surface area contributed by atoms with Gasteiger partial charge in [0.1, 0.15) is 14.6 Å². The van der Waals surface area contributed by atoms with Gasteiger partial charge in [-0.25, -0.2) is 24.3 Å². The first-order valence-corrected chi connectivity index (χ1v) is 15.6. The Labute approximate surface area is 283 Å². The average Bonchev–Trinajstić information content (AvgIpc) is 3.61. The van der Waals surface area contributed by atoms with Gasteiger partial charge in [0, 0.05) is 0 Å². The molecule has 2 atom stereocenters. The molecule has 2 unspecified atom stereocenters. The Morgan fingerprint density at radius 1 is 0.605 bits per heavy atom. The molecule has 0 N–H and O–H groups in total. The van der Waals surface area contributed by atoms with Crippen LogP contribution in [0.3, 0.4) is 0 Å². The smallest absolute Gasteiger partial charge is 1.00 e. The van der Waals surface area contributed by atoms with Crippen molar-refractivity contribution in [1.82, 2.24) is 0 Å². The zero-order valence-corrected chi connectivity index (χ0v) is 32.1. The Morgan fingerprint density at radius 2 is 0.868 bits per heavy atom. The predicted octanol–water partition coefficient (Wildman–Crippen LogP) is 4.06. The first kappa shape index (κ1) is 51.4. The molecule has 4 rings (SSSR count). The van der Waals surface area contributed by atoms with Gasteiger partial charge in [-0.3, -0.25) is 27.2 Å². The van der Waals surface area contributed by atoms with E-state index < -0.39 is 0 Å². The van der Waals surface area contributed by atoms with Gasteiger partial charge < -0.3 is 24.8 Å². The molecule has 0 saturated carbocycles. The standard InChI is InChI=1S/2C8H12P.2C5H5.2C2H6B.2ClH.2Ti/c2*1-6-5-9(4)8(3)7(6)2;2*1-2-4-5-3-1;2*1-3-2;;;;/h2*1-4H3;2*1-3H,4H2;2*1-2H3;2*1H;;/q4*-1;;;;;2*+2/p-2. The predicted molar refractivity (Wildman–Crippen MR) is 164 cm³/mol. The van der Waals surface area contributed by atoms with Crippen LogP contribution >= 0.6 is 15.1 Å².